The van der Waals surface area contributed by atoms with E-state index in [1.54, 1.807) is 17.1 Å². The van der Waals surface area contributed by atoms with E-state index in [4.69, 9.17) is 0 Å². The van der Waals surface area contributed by atoms with Crippen LogP contribution in [0.5, 0.6) is 0 Å². The molecule has 2 aromatic heterocycles. The molecule has 0 saturated heterocycles. The molecule has 3 rings (SSSR count). The average molecular weight is 242 g/mol. The van der Waals surface area contributed by atoms with Crippen molar-refractivity contribution in [3.63, 3.8) is 0 Å². The van der Waals surface area contributed by atoms with Crippen LogP contribution in [0.4, 0.5) is 5.82 Å². The first-order valence-corrected chi connectivity index (χ1v) is 5.39. The normalized spacial score (nSPS) is 15.1. The average Bonchev–Trinajstić information content (AvgIpc) is 2.97. The Morgan fingerprint density at radius 2 is 2.17 bits per heavy atom. The molecule has 0 bridgehead atoms. The Labute approximate surface area is 103 Å². The molecule has 1 amide bonds. The van der Waals surface area contributed by atoms with E-state index in [0.29, 0.717) is 11.5 Å². The fourth-order valence-electron chi connectivity index (χ4n) is 1.74. The number of carbonyl (C=O) groups is 1. The van der Waals surface area contributed by atoms with Gasteiger partial charge in [-0.25, -0.2) is 4.98 Å². The zero-order valence-electron chi connectivity index (χ0n) is 9.69. The molecule has 3 heterocycles. The summed E-state index contributed by atoms with van der Waals surface area (Å²) in [6.07, 6.45) is 8.35. The Balaban J connectivity index is 1.94. The van der Waals surface area contributed by atoms with Gasteiger partial charge in [0.2, 0.25) is 0 Å². The second kappa shape index (κ2) is 4.02. The minimum absolute atomic E-state index is 0.116. The summed E-state index contributed by atoms with van der Waals surface area (Å²) in [7, 11) is 1.82. The molecule has 0 atom stereocenters. The number of hydrogen-bond acceptors (Lipinski definition) is 5. The summed E-state index contributed by atoms with van der Waals surface area (Å²) in [6, 6.07) is 0. The molecule has 18 heavy (non-hydrogen) atoms. The van der Waals surface area contributed by atoms with Gasteiger partial charge in [0.05, 0.1) is 24.5 Å². The molecule has 0 fully saturated rings. The minimum atomic E-state index is -0.116. The molecule has 0 radical (unpaired) electrons. The molecular formula is C11H10N6O. The number of anilines is 1. The number of amides is 1. The predicted octanol–water partition coefficient (Wildman–Crippen LogP) is 0.351. The van der Waals surface area contributed by atoms with Gasteiger partial charge >= 0.3 is 0 Å². The monoisotopic (exact) mass is 242 g/mol. The maximum Gasteiger partial charge on any atom is 0.254 e. The number of hydrazone groups is 1. The summed E-state index contributed by atoms with van der Waals surface area (Å²) in [4.78, 5) is 19.9. The van der Waals surface area contributed by atoms with Crippen molar-refractivity contribution in [3.05, 3.63) is 36.5 Å². The van der Waals surface area contributed by atoms with Crippen LogP contribution in [-0.2, 0) is 11.8 Å². The molecule has 0 aliphatic carbocycles. The summed E-state index contributed by atoms with van der Waals surface area (Å²) in [6.45, 7) is 0. The molecule has 0 saturated carbocycles. The molecular weight excluding hydrogens is 232 g/mol. The molecule has 7 heteroatoms. The largest absolute Gasteiger partial charge is 0.275 e. The van der Waals surface area contributed by atoms with Gasteiger partial charge in [-0.1, -0.05) is 0 Å². The third kappa shape index (κ3) is 1.75. The molecule has 2 aromatic rings. The number of hydrogen-bond donors (Lipinski definition) is 0. The van der Waals surface area contributed by atoms with Crippen LogP contribution in [0, 0.1) is 0 Å². The second-order valence-corrected chi connectivity index (χ2v) is 3.90. The lowest BCUT2D eigenvalue weighted by molar-refractivity contribution is -0.116. The van der Waals surface area contributed by atoms with E-state index in [1.807, 2.05) is 13.2 Å². The molecule has 1 aliphatic rings. The second-order valence-electron chi connectivity index (χ2n) is 3.90. The molecule has 0 aromatic carbocycles. The van der Waals surface area contributed by atoms with Crippen LogP contribution in [0.15, 0.2) is 36.1 Å². The van der Waals surface area contributed by atoms with E-state index in [1.165, 1.54) is 17.4 Å². The van der Waals surface area contributed by atoms with Crippen LogP contribution >= 0.6 is 0 Å². The highest BCUT2D eigenvalue weighted by Crippen LogP contribution is 2.19. The number of carbonyl (C=O) groups excluding carboxylic acids is 1. The lowest BCUT2D eigenvalue weighted by Crippen LogP contribution is -2.20. The lowest BCUT2D eigenvalue weighted by atomic mass is 10.2. The van der Waals surface area contributed by atoms with Crippen LogP contribution in [0.3, 0.4) is 0 Å². The van der Waals surface area contributed by atoms with Crippen LogP contribution in [0.1, 0.15) is 12.0 Å². The summed E-state index contributed by atoms with van der Waals surface area (Å²) in [5, 5.41) is 9.60. The van der Waals surface area contributed by atoms with Gasteiger partial charge in [-0.05, 0) is 0 Å². The maximum atomic E-state index is 11.9. The van der Waals surface area contributed by atoms with Crippen molar-refractivity contribution in [2.24, 2.45) is 12.1 Å². The van der Waals surface area contributed by atoms with E-state index in [2.05, 4.69) is 20.2 Å². The Hall–Kier alpha value is -2.57. The van der Waals surface area contributed by atoms with Crippen LogP contribution < -0.4 is 5.01 Å². The Bertz CT molecular complexity index is 617. The van der Waals surface area contributed by atoms with Crippen molar-refractivity contribution in [2.45, 2.75) is 6.42 Å². The number of aryl methyl sites for hydroxylation is 1. The van der Waals surface area contributed by atoms with Gasteiger partial charge in [0.15, 0.2) is 5.82 Å². The van der Waals surface area contributed by atoms with Gasteiger partial charge in [0.1, 0.15) is 0 Å². The van der Waals surface area contributed by atoms with Crippen molar-refractivity contribution < 1.29 is 4.79 Å². The van der Waals surface area contributed by atoms with Gasteiger partial charge in [0, 0.05) is 31.2 Å². The molecule has 1 aliphatic heterocycles. The molecule has 0 N–H and O–H groups in total. The van der Waals surface area contributed by atoms with Crippen molar-refractivity contribution in [1.29, 1.82) is 0 Å². The standard InChI is InChI=1S/C11H10N6O/c1-16-7-8(5-14-16)9-4-11(18)17(15-9)10-6-12-2-3-13-10/h2-3,5-7H,4H2,1H3. The lowest BCUT2D eigenvalue weighted by Gasteiger charge is -2.08. The van der Waals surface area contributed by atoms with Gasteiger partial charge in [-0.15, -0.1) is 0 Å². The van der Waals surface area contributed by atoms with Crippen molar-refractivity contribution in [3.8, 4) is 0 Å². The van der Waals surface area contributed by atoms with Gasteiger partial charge in [0.25, 0.3) is 5.91 Å². The topological polar surface area (TPSA) is 76.3 Å². The minimum Gasteiger partial charge on any atom is -0.275 e. The van der Waals surface area contributed by atoms with Gasteiger partial charge in [-0.2, -0.15) is 15.2 Å². The zero-order chi connectivity index (χ0) is 12.5. The zero-order valence-corrected chi connectivity index (χ0v) is 9.69. The number of nitrogens with zero attached hydrogens (tertiary/aromatic N) is 6. The SMILES string of the molecule is Cn1cc(C2=NN(c3cnccn3)C(=O)C2)cn1. The Morgan fingerprint density at radius 3 is 2.83 bits per heavy atom. The summed E-state index contributed by atoms with van der Waals surface area (Å²) in [5.74, 6) is 0.316. The van der Waals surface area contributed by atoms with E-state index < -0.39 is 0 Å². The van der Waals surface area contributed by atoms with E-state index in [0.717, 1.165) is 5.56 Å². The quantitative estimate of drug-likeness (QED) is 0.761. The molecule has 0 spiro atoms. The fourth-order valence-corrected chi connectivity index (χ4v) is 1.74. The highest BCUT2D eigenvalue weighted by Gasteiger charge is 2.27. The van der Waals surface area contributed by atoms with Crippen LogP contribution in [0.25, 0.3) is 0 Å². The molecule has 0 unspecified atom stereocenters. The van der Waals surface area contributed by atoms with E-state index in [9.17, 15) is 4.79 Å². The number of rotatable bonds is 2. The van der Waals surface area contributed by atoms with Crippen molar-refractivity contribution in [1.82, 2.24) is 19.7 Å². The highest BCUT2D eigenvalue weighted by atomic mass is 16.2. The number of aromatic nitrogens is 4. The molecule has 90 valence electrons. The summed E-state index contributed by atoms with van der Waals surface area (Å²) >= 11 is 0. The van der Waals surface area contributed by atoms with E-state index >= 15 is 0 Å². The van der Waals surface area contributed by atoms with Crippen molar-refractivity contribution in [2.75, 3.05) is 5.01 Å². The Morgan fingerprint density at radius 1 is 1.28 bits per heavy atom. The van der Waals surface area contributed by atoms with Crippen LogP contribution in [0.2, 0.25) is 0 Å². The predicted molar refractivity (Wildman–Crippen MR) is 63.9 cm³/mol. The molecule has 7 nitrogen and oxygen atoms in total. The highest BCUT2D eigenvalue weighted by molar-refractivity contribution is 6.18. The first kappa shape index (κ1) is 10.6. The summed E-state index contributed by atoms with van der Waals surface area (Å²) < 4.78 is 1.67. The van der Waals surface area contributed by atoms with Crippen molar-refractivity contribution >= 4 is 17.4 Å². The first-order chi connectivity index (χ1) is 8.74. The third-order valence-electron chi connectivity index (χ3n) is 2.58. The smallest absolute Gasteiger partial charge is 0.254 e. The third-order valence-corrected chi connectivity index (χ3v) is 2.58. The maximum absolute atomic E-state index is 11.9. The van der Waals surface area contributed by atoms with Gasteiger partial charge in [-0.3, -0.25) is 14.5 Å². The van der Waals surface area contributed by atoms with Gasteiger partial charge < -0.3 is 0 Å². The summed E-state index contributed by atoms with van der Waals surface area (Å²) in [5.41, 5.74) is 1.54. The van der Waals surface area contributed by atoms with E-state index in [-0.39, 0.29) is 12.3 Å². The fraction of sp³-hybridized carbons (Fsp3) is 0.182. The Kier molecular flexibility index (Phi) is 2.36. The van der Waals surface area contributed by atoms with Crippen LogP contribution in [-0.4, -0.2) is 31.4 Å². The first-order valence-electron chi connectivity index (χ1n) is 5.39.